The molecule has 0 bridgehead atoms. The fourth-order valence-electron chi connectivity index (χ4n) is 2.47. The highest BCUT2D eigenvalue weighted by Gasteiger charge is 2.05. The molecule has 1 amide bonds. The van der Waals surface area contributed by atoms with Crippen LogP contribution in [0.4, 0.5) is 5.69 Å². The Kier molecular flexibility index (Phi) is 6.88. The number of carbonyl (C=O) groups is 1. The van der Waals surface area contributed by atoms with Crippen LogP contribution >= 0.6 is 15.9 Å². The molecule has 4 nitrogen and oxygen atoms in total. The number of ether oxygens (including phenoxy) is 2. The van der Waals surface area contributed by atoms with Gasteiger partial charge in [-0.3, -0.25) is 4.79 Å². The van der Waals surface area contributed by atoms with Gasteiger partial charge >= 0.3 is 0 Å². The topological polar surface area (TPSA) is 47.6 Å². The van der Waals surface area contributed by atoms with Crippen molar-refractivity contribution >= 4 is 27.5 Å². The maximum atomic E-state index is 12.1. The van der Waals surface area contributed by atoms with Crippen molar-refractivity contribution in [2.24, 2.45) is 0 Å². The van der Waals surface area contributed by atoms with Crippen LogP contribution in [0.3, 0.4) is 0 Å². The van der Waals surface area contributed by atoms with Crippen molar-refractivity contribution in [3.05, 3.63) is 88.9 Å². The summed E-state index contributed by atoms with van der Waals surface area (Å²) in [5.41, 5.74) is 1.91. The molecule has 27 heavy (non-hydrogen) atoms. The van der Waals surface area contributed by atoms with Crippen LogP contribution in [0.15, 0.2) is 83.3 Å². The van der Waals surface area contributed by atoms with Crippen LogP contribution in [0, 0.1) is 0 Å². The molecule has 0 aromatic heterocycles. The largest absolute Gasteiger partial charge is 0.493 e. The first-order chi connectivity index (χ1) is 13.2. The lowest BCUT2D eigenvalue weighted by atomic mass is 10.2. The standard InChI is InChI=1S/C22H20BrNO3/c23-18-9-11-20(12-10-18)27-16-22(25)24-19-7-4-8-21(15-19)26-14-13-17-5-2-1-3-6-17/h1-12,15H,13-14,16H2,(H,24,25). The number of rotatable bonds is 8. The SMILES string of the molecule is O=C(COc1ccc(Br)cc1)Nc1cccc(OCCc2ccccc2)c1. The van der Waals surface area contributed by atoms with Crippen LogP contribution in [0.5, 0.6) is 11.5 Å². The second-order valence-electron chi connectivity index (χ2n) is 5.90. The van der Waals surface area contributed by atoms with E-state index < -0.39 is 0 Å². The lowest BCUT2D eigenvalue weighted by Gasteiger charge is -2.10. The lowest BCUT2D eigenvalue weighted by Crippen LogP contribution is -2.20. The van der Waals surface area contributed by atoms with E-state index in [9.17, 15) is 4.79 Å². The summed E-state index contributed by atoms with van der Waals surface area (Å²) in [5.74, 6) is 1.14. The number of carbonyl (C=O) groups excluding carboxylic acids is 1. The van der Waals surface area contributed by atoms with Gasteiger partial charge in [0.25, 0.3) is 5.91 Å². The molecule has 3 aromatic rings. The third-order valence-corrected chi connectivity index (χ3v) is 4.33. The highest BCUT2D eigenvalue weighted by molar-refractivity contribution is 9.10. The van der Waals surface area contributed by atoms with Crippen LogP contribution in [0.1, 0.15) is 5.56 Å². The van der Waals surface area contributed by atoms with E-state index in [1.807, 2.05) is 54.6 Å². The second kappa shape index (κ2) is 9.78. The zero-order chi connectivity index (χ0) is 18.9. The number of halogens is 1. The molecule has 0 aliphatic carbocycles. The van der Waals surface area contributed by atoms with Gasteiger partial charge in [0.05, 0.1) is 6.61 Å². The molecule has 3 rings (SSSR count). The Labute approximate surface area is 167 Å². The van der Waals surface area contributed by atoms with Crippen molar-refractivity contribution < 1.29 is 14.3 Å². The van der Waals surface area contributed by atoms with Crippen molar-refractivity contribution in [1.82, 2.24) is 0 Å². The smallest absolute Gasteiger partial charge is 0.262 e. The first kappa shape index (κ1) is 19.0. The highest BCUT2D eigenvalue weighted by Crippen LogP contribution is 2.18. The number of hydrogen-bond acceptors (Lipinski definition) is 3. The van der Waals surface area contributed by atoms with Gasteiger partial charge in [0.15, 0.2) is 6.61 Å². The molecule has 0 radical (unpaired) electrons. The van der Waals surface area contributed by atoms with E-state index in [0.717, 1.165) is 16.6 Å². The molecule has 0 saturated heterocycles. The number of amides is 1. The van der Waals surface area contributed by atoms with Gasteiger partial charge in [-0.15, -0.1) is 0 Å². The highest BCUT2D eigenvalue weighted by atomic mass is 79.9. The van der Waals surface area contributed by atoms with E-state index in [1.165, 1.54) is 5.56 Å². The number of nitrogens with one attached hydrogen (secondary N) is 1. The molecule has 0 aliphatic rings. The molecule has 1 N–H and O–H groups in total. The van der Waals surface area contributed by atoms with Gasteiger partial charge in [0.1, 0.15) is 11.5 Å². The van der Waals surface area contributed by atoms with Crippen LogP contribution in [0.2, 0.25) is 0 Å². The molecule has 0 heterocycles. The minimum atomic E-state index is -0.223. The monoisotopic (exact) mass is 425 g/mol. The maximum Gasteiger partial charge on any atom is 0.262 e. The minimum Gasteiger partial charge on any atom is -0.493 e. The Bertz CT molecular complexity index is 866. The Balaban J connectivity index is 1.46. The molecule has 138 valence electrons. The molecular weight excluding hydrogens is 406 g/mol. The van der Waals surface area contributed by atoms with Gasteiger partial charge in [-0.25, -0.2) is 0 Å². The Morgan fingerprint density at radius 1 is 0.852 bits per heavy atom. The second-order valence-corrected chi connectivity index (χ2v) is 6.82. The van der Waals surface area contributed by atoms with E-state index in [2.05, 4.69) is 33.4 Å². The summed E-state index contributed by atoms with van der Waals surface area (Å²) in [6.45, 7) is 0.523. The third kappa shape index (κ3) is 6.46. The van der Waals surface area contributed by atoms with Crippen molar-refractivity contribution in [3.8, 4) is 11.5 Å². The lowest BCUT2D eigenvalue weighted by molar-refractivity contribution is -0.118. The van der Waals surface area contributed by atoms with Crippen molar-refractivity contribution in [1.29, 1.82) is 0 Å². The predicted octanol–water partition coefficient (Wildman–Crippen LogP) is 5.09. The molecule has 0 unspecified atom stereocenters. The van der Waals surface area contributed by atoms with E-state index in [0.29, 0.717) is 18.0 Å². The summed E-state index contributed by atoms with van der Waals surface area (Å²) < 4.78 is 12.2. The average Bonchev–Trinajstić information content (AvgIpc) is 2.69. The third-order valence-electron chi connectivity index (χ3n) is 3.80. The Hall–Kier alpha value is -2.79. The van der Waals surface area contributed by atoms with Crippen LogP contribution in [-0.2, 0) is 11.2 Å². The zero-order valence-corrected chi connectivity index (χ0v) is 16.3. The van der Waals surface area contributed by atoms with Crippen molar-refractivity contribution in [3.63, 3.8) is 0 Å². The molecule has 0 saturated carbocycles. The molecule has 3 aromatic carbocycles. The van der Waals surface area contributed by atoms with Crippen LogP contribution < -0.4 is 14.8 Å². The first-order valence-corrected chi connectivity index (χ1v) is 9.43. The predicted molar refractivity (Wildman–Crippen MR) is 110 cm³/mol. The fraction of sp³-hybridized carbons (Fsp3) is 0.136. The summed E-state index contributed by atoms with van der Waals surface area (Å²) in [6.07, 6.45) is 0.832. The Morgan fingerprint density at radius 2 is 1.63 bits per heavy atom. The van der Waals surface area contributed by atoms with Crippen LogP contribution in [0.25, 0.3) is 0 Å². The number of hydrogen-bond donors (Lipinski definition) is 1. The molecule has 5 heteroatoms. The zero-order valence-electron chi connectivity index (χ0n) is 14.7. The van der Waals surface area contributed by atoms with E-state index in [4.69, 9.17) is 9.47 Å². The normalized spacial score (nSPS) is 10.3. The summed E-state index contributed by atoms with van der Waals surface area (Å²) in [7, 11) is 0. The number of benzene rings is 3. The van der Waals surface area contributed by atoms with E-state index in [-0.39, 0.29) is 12.5 Å². The molecule has 0 fully saturated rings. The first-order valence-electron chi connectivity index (χ1n) is 8.64. The summed E-state index contributed by atoms with van der Waals surface area (Å²) in [5, 5.41) is 2.82. The Morgan fingerprint density at radius 3 is 2.41 bits per heavy atom. The van der Waals surface area contributed by atoms with Gasteiger partial charge in [-0.1, -0.05) is 52.3 Å². The van der Waals surface area contributed by atoms with Crippen molar-refractivity contribution in [2.75, 3.05) is 18.5 Å². The number of anilines is 1. The quantitative estimate of drug-likeness (QED) is 0.546. The summed E-state index contributed by atoms with van der Waals surface area (Å²) in [6, 6.07) is 24.9. The van der Waals surface area contributed by atoms with Gasteiger partial charge in [0, 0.05) is 22.6 Å². The minimum absolute atomic E-state index is 0.0548. The molecule has 0 aliphatic heterocycles. The van der Waals surface area contributed by atoms with Gasteiger partial charge < -0.3 is 14.8 Å². The summed E-state index contributed by atoms with van der Waals surface area (Å²) >= 11 is 3.36. The maximum absolute atomic E-state index is 12.1. The summed E-state index contributed by atoms with van der Waals surface area (Å²) in [4.78, 5) is 12.1. The van der Waals surface area contributed by atoms with Gasteiger partial charge in [0.2, 0.25) is 0 Å². The molecule has 0 atom stereocenters. The fourth-order valence-corrected chi connectivity index (χ4v) is 2.74. The van der Waals surface area contributed by atoms with Gasteiger partial charge in [-0.2, -0.15) is 0 Å². The van der Waals surface area contributed by atoms with Crippen molar-refractivity contribution in [2.45, 2.75) is 6.42 Å². The molecular formula is C22H20BrNO3. The van der Waals surface area contributed by atoms with Crippen LogP contribution in [-0.4, -0.2) is 19.1 Å². The van der Waals surface area contributed by atoms with E-state index >= 15 is 0 Å². The molecule has 0 spiro atoms. The van der Waals surface area contributed by atoms with Gasteiger partial charge in [-0.05, 0) is 42.0 Å². The van der Waals surface area contributed by atoms with E-state index in [1.54, 1.807) is 12.1 Å². The average molecular weight is 426 g/mol.